The highest BCUT2D eigenvalue weighted by Crippen LogP contribution is 2.20. The van der Waals surface area contributed by atoms with Crippen molar-refractivity contribution in [2.45, 2.75) is 13.0 Å². The third-order valence-electron chi connectivity index (χ3n) is 3.07. The molecule has 0 bridgehead atoms. The molecule has 0 aliphatic carbocycles. The first kappa shape index (κ1) is 15.5. The van der Waals surface area contributed by atoms with E-state index in [-0.39, 0.29) is 23.3 Å². The molecule has 21 heavy (non-hydrogen) atoms. The number of nitrogens with zero attached hydrogens (tertiary/aromatic N) is 1. The molecular weight excluding hydrogens is 296 g/mol. The van der Waals surface area contributed by atoms with Crippen molar-refractivity contribution < 1.29 is 24.2 Å². The number of rotatable bonds is 4. The van der Waals surface area contributed by atoms with E-state index in [0.717, 1.165) is 11.3 Å². The van der Waals surface area contributed by atoms with Gasteiger partial charge in [-0.2, -0.15) is 0 Å². The summed E-state index contributed by atoms with van der Waals surface area (Å²) in [5, 5.41) is 11.6. The van der Waals surface area contributed by atoms with Crippen LogP contribution in [-0.4, -0.2) is 60.1 Å². The van der Waals surface area contributed by atoms with Gasteiger partial charge in [0.2, 0.25) is 5.91 Å². The number of carbonyl (C=O) groups excluding carboxylic acids is 2. The van der Waals surface area contributed by atoms with Crippen LogP contribution in [0.3, 0.4) is 0 Å². The molecule has 2 amide bonds. The Hall–Kier alpha value is -1.93. The summed E-state index contributed by atoms with van der Waals surface area (Å²) in [7, 11) is 0. The zero-order valence-corrected chi connectivity index (χ0v) is 12.3. The quantitative estimate of drug-likeness (QED) is 0.840. The van der Waals surface area contributed by atoms with Gasteiger partial charge in [-0.05, 0) is 19.1 Å². The highest BCUT2D eigenvalue weighted by atomic mass is 32.1. The smallest absolute Gasteiger partial charge is 0.345 e. The lowest BCUT2D eigenvalue weighted by atomic mass is 10.2. The topological polar surface area (TPSA) is 95.9 Å². The van der Waals surface area contributed by atoms with Crippen molar-refractivity contribution in [3.05, 3.63) is 21.9 Å². The van der Waals surface area contributed by atoms with Gasteiger partial charge >= 0.3 is 5.97 Å². The second-order valence-electron chi connectivity index (χ2n) is 4.45. The molecule has 1 atom stereocenters. The Bertz CT molecular complexity index is 557. The molecule has 2 rings (SSSR count). The predicted octanol–water partition coefficient (Wildman–Crippen LogP) is 0.423. The number of carbonyl (C=O) groups is 3. The van der Waals surface area contributed by atoms with Crippen molar-refractivity contribution in [2.75, 3.05) is 26.3 Å². The van der Waals surface area contributed by atoms with Crippen LogP contribution in [-0.2, 0) is 9.53 Å². The summed E-state index contributed by atoms with van der Waals surface area (Å²) in [4.78, 5) is 37.2. The number of hydrogen-bond acceptors (Lipinski definition) is 5. The molecular formula is C13H16N2O5S. The maximum absolute atomic E-state index is 12.5. The van der Waals surface area contributed by atoms with Crippen LogP contribution in [0.4, 0.5) is 0 Å². The lowest BCUT2D eigenvalue weighted by Gasteiger charge is -2.34. The first-order valence-electron chi connectivity index (χ1n) is 6.54. The maximum atomic E-state index is 12.5. The Morgan fingerprint density at radius 1 is 1.43 bits per heavy atom. The van der Waals surface area contributed by atoms with Gasteiger partial charge in [-0.3, -0.25) is 9.59 Å². The Labute approximate surface area is 125 Å². The van der Waals surface area contributed by atoms with Crippen LogP contribution in [0.1, 0.15) is 26.3 Å². The molecule has 7 nitrogen and oxygen atoms in total. The second kappa shape index (κ2) is 6.68. The van der Waals surface area contributed by atoms with Gasteiger partial charge in [-0.25, -0.2) is 4.79 Å². The Kier molecular flexibility index (Phi) is 4.92. The van der Waals surface area contributed by atoms with Gasteiger partial charge in [0.1, 0.15) is 10.9 Å². The standard InChI is InChI=1S/C13H16N2O5S/c1-2-14-11(16)8-7-20-6-5-15(8)12(17)9-3-4-10(21-9)13(18)19/h3-4,8H,2,5-7H2,1H3,(H,14,16)(H,18,19). The highest BCUT2D eigenvalue weighted by Gasteiger charge is 2.33. The summed E-state index contributed by atoms with van der Waals surface area (Å²) >= 11 is 0.907. The van der Waals surface area contributed by atoms with Gasteiger partial charge in [0.15, 0.2) is 0 Å². The molecule has 1 aliphatic rings. The fraction of sp³-hybridized carbons (Fsp3) is 0.462. The number of amides is 2. The molecule has 1 aliphatic heterocycles. The molecule has 2 N–H and O–H groups in total. The third kappa shape index (κ3) is 3.40. The minimum absolute atomic E-state index is 0.0983. The lowest BCUT2D eigenvalue weighted by molar-refractivity contribution is -0.130. The molecule has 114 valence electrons. The third-order valence-corrected chi connectivity index (χ3v) is 4.13. The van der Waals surface area contributed by atoms with E-state index in [4.69, 9.17) is 9.84 Å². The SMILES string of the molecule is CCNC(=O)C1COCCN1C(=O)c1ccc(C(=O)O)s1. The number of nitrogens with one attached hydrogen (secondary N) is 1. The molecule has 1 unspecified atom stereocenters. The van der Waals surface area contributed by atoms with E-state index in [0.29, 0.717) is 24.6 Å². The average molecular weight is 312 g/mol. The number of hydrogen-bond donors (Lipinski definition) is 2. The molecule has 0 aromatic carbocycles. The first-order valence-corrected chi connectivity index (χ1v) is 7.35. The van der Waals surface area contributed by atoms with Crippen LogP contribution in [0.15, 0.2) is 12.1 Å². The first-order chi connectivity index (χ1) is 10.0. The minimum Gasteiger partial charge on any atom is -0.477 e. The molecule has 0 saturated carbocycles. The zero-order chi connectivity index (χ0) is 15.4. The van der Waals surface area contributed by atoms with Crippen molar-refractivity contribution in [2.24, 2.45) is 0 Å². The fourth-order valence-corrected chi connectivity index (χ4v) is 2.87. The summed E-state index contributed by atoms with van der Waals surface area (Å²) in [6.45, 7) is 3.08. The molecule has 1 fully saturated rings. The predicted molar refractivity (Wildman–Crippen MR) is 75.6 cm³/mol. The van der Waals surface area contributed by atoms with Crippen molar-refractivity contribution >= 4 is 29.1 Å². The fourth-order valence-electron chi connectivity index (χ4n) is 2.07. The summed E-state index contributed by atoms with van der Waals surface area (Å²) < 4.78 is 5.26. The zero-order valence-electron chi connectivity index (χ0n) is 11.5. The Morgan fingerprint density at radius 2 is 2.14 bits per heavy atom. The number of likely N-dealkylation sites (N-methyl/N-ethyl adjacent to an activating group) is 1. The lowest BCUT2D eigenvalue weighted by Crippen LogP contribution is -2.55. The van der Waals surface area contributed by atoms with Crippen molar-refractivity contribution in [1.29, 1.82) is 0 Å². The van der Waals surface area contributed by atoms with Gasteiger partial charge in [0.25, 0.3) is 5.91 Å². The van der Waals surface area contributed by atoms with E-state index < -0.39 is 12.0 Å². The summed E-state index contributed by atoms with van der Waals surface area (Å²) in [5.41, 5.74) is 0. The molecule has 0 spiro atoms. The second-order valence-corrected chi connectivity index (χ2v) is 5.54. The van der Waals surface area contributed by atoms with Crippen LogP contribution in [0.25, 0.3) is 0 Å². The van der Waals surface area contributed by atoms with E-state index in [1.165, 1.54) is 17.0 Å². The Balaban J connectivity index is 2.17. The number of ether oxygens (including phenoxy) is 1. The van der Waals surface area contributed by atoms with Gasteiger partial charge in [0.05, 0.1) is 18.1 Å². The molecule has 1 aromatic rings. The van der Waals surface area contributed by atoms with Gasteiger partial charge in [-0.15, -0.1) is 11.3 Å². The van der Waals surface area contributed by atoms with Gasteiger partial charge < -0.3 is 20.1 Å². The molecule has 1 aromatic heterocycles. The van der Waals surface area contributed by atoms with Gasteiger partial charge in [-0.1, -0.05) is 0 Å². The highest BCUT2D eigenvalue weighted by molar-refractivity contribution is 7.15. The number of aromatic carboxylic acids is 1. The maximum Gasteiger partial charge on any atom is 0.345 e. The van der Waals surface area contributed by atoms with Crippen LogP contribution >= 0.6 is 11.3 Å². The van der Waals surface area contributed by atoms with E-state index in [2.05, 4.69) is 5.32 Å². The van der Waals surface area contributed by atoms with Crippen molar-refractivity contribution in [1.82, 2.24) is 10.2 Å². The molecule has 2 heterocycles. The van der Waals surface area contributed by atoms with Crippen LogP contribution in [0.2, 0.25) is 0 Å². The van der Waals surface area contributed by atoms with Gasteiger partial charge in [0, 0.05) is 13.1 Å². The normalized spacial score (nSPS) is 18.3. The minimum atomic E-state index is -1.07. The Morgan fingerprint density at radius 3 is 2.76 bits per heavy atom. The largest absolute Gasteiger partial charge is 0.477 e. The number of carboxylic acid groups (broad SMARTS) is 1. The molecule has 1 saturated heterocycles. The summed E-state index contributed by atoms with van der Waals surface area (Å²) in [5.74, 6) is -1.67. The van der Waals surface area contributed by atoms with E-state index >= 15 is 0 Å². The van der Waals surface area contributed by atoms with Crippen molar-refractivity contribution in [3.63, 3.8) is 0 Å². The number of morpholine rings is 1. The van der Waals surface area contributed by atoms with Crippen LogP contribution < -0.4 is 5.32 Å². The number of carboxylic acids is 1. The van der Waals surface area contributed by atoms with E-state index in [1.807, 2.05) is 0 Å². The summed E-state index contributed by atoms with van der Waals surface area (Å²) in [6, 6.07) is 2.18. The average Bonchev–Trinajstić information content (AvgIpc) is 2.97. The van der Waals surface area contributed by atoms with E-state index in [9.17, 15) is 14.4 Å². The van der Waals surface area contributed by atoms with E-state index in [1.54, 1.807) is 6.92 Å². The summed E-state index contributed by atoms with van der Waals surface area (Å²) in [6.07, 6.45) is 0. The number of thiophene rings is 1. The monoisotopic (exact) mass is 312 g/mol. The molecule has 8 heteroatoms. The van der Waals surface area contributed by atoms with Crippen molar-refractivity contribution in [3.8, 4) is 0 Å². The van der Waals surface area contributed by atoms with Crippen LogP contribution in [0, 0.1) is 0 Å². The molecule has 0 radical (unpaired) electrons. The van der Waals surface area contributed by atoms with Crippen LogP contribution in [0.5, 0.6) is 0 Å².